The van der Waals surface area contributed by atoms with Gasteiger partial charge in [-0.25, -0.2) is 0 Å². The molecule has 1 unspecified atom stereocenters. The van der Waals surface area contributed by atoms with E-state index in [4.69, 9.17) is 0 Å². The fraction of sp³-hybridized carbons (Fsp3) is 0.750. The van der Waals surface area contributed by atoms with Crippen LogP contribution in [-0.4, -0.2) is 31.3 Å². The molecule has 0 aliphatic heterocycles. The number of allylic oxidation sites excluding steroid dienone is 2. The van der Waals surface area contributed by atoms with Crippen LogP contribution in [0.5, 0.6) is 0 Å². The van der Waals surface area contributed by atoms with E-state index in [2.05, 4.69) is 18.7 Å². The minimum atomic E-state index is 0. The molecule has 0 N–H and O–H groups in total. The fourth-order valence-electron chi connectivity index (χ4n) is 2.07. The SMILES string of the molecule is CC/C(C)=C1/CCC(CN(C)C)C1=O.Cl. The third kappa shape index (κ3) is 3.62. The van der Waals surface area contributed by atoms with Gasteiger partial charge in [-0.3, -0.25) is 4.79 Å². The Morgan fingerprint density at radius 1 is 1.47 bits per heavy atom. The highest BCUT2D eigenvalue weighted by molar-refractivity contribution is 6.00. The molecule has 2 nitrogen and oxygen atoms in total. The quantitative estimate of drug-likeness (QED) is 0.697. The summed E-state index contributed by atoms with van der Waals surface area (Å²) in [5.74, 6) is 0.652. The van der Waals surface area contributed by atoms with Crippen molar-refractivity contribution in [3.05, 3.63) is 11.1 Å². The normalized spacial score (nSPS) is 24.3. The topological polar surface area (TPSA) is 20.3 Å². The lowest BCUT2D eigenvalue weighted by Crippen LogP contribution is -2.24. The van der Waals surface area contributed by atoms with Gasteiger partial charge in [-0.05, 0) is 45.9 Å². The molecule has 0 saturated heterocycles. The molecule has 0 heterocycles. The highest BCUT2D eigenvalue weighted by atomic mass is 35.5. The molecular formula is C12H22ClNO. The Bertz CT molecular complexity index is 258. The summed E-state index contributed by atoms with van der Waals surface area (Å²) in [5, 5.41) is 0. The summed E-state index contributed by atoms with van der Waals surface area (Å²) in [6, 6.07) is 0. The van der Waals surface area contributed by atoms with E-state index in [-0.39, 0.29) is 18.3 Å². The molecule has 15 heavy (non-hydrogen) atoms. The van der Waals surface area contributed by atoms with Gasteiger partial charge in [-0.2, -0.15) is 0 Å². The molecule has 1 rings (SSSR count). The number of rotatable bonds is 3. The van der Waals surface area contributed by atoms with Crippen molar-refractivity contribution in [2.75, 3.05) is 20.6 Å². The fourth-order valence-corrected chi connectivity index (χ4v) is 2.07. The van der Waals surface area contributed by atoms with Crippen LogP contribution in [0.3, 0.4) is 0 Å². The number of halogens is 1. The van der Waals surface area contributed by atoms with E-state index < -0.39 is 0 Å². The first-order valence-corrected chi connectivity index (χ1v) is 5.43. The van der Waals surface area contributed by atoms with Crippen molar-refractivity contribution in [2.45, 2.75) is 33.1 Å². The van der Waals surface area contributed by atoms with Gasteiger partial charge < -0.3 is 4.90 Å². The summed E-state index contributed by atoms with van der Waals surface area (Å²) in [6.07, 6.45) is 3.05. The number of hydrogen-bond acceptors (Lipinski definition) is 2. The molecule has 0 aromatic carbocycles. The summed E-state index contributed by atoms with van der Waals surface area (Å²) in [4.78, 5) is 14.1. The van der Waals surface area contributed by atoms with Gasteiger partial charge in [-0.1, -0.05) is 12.5 Å². The van der Waals surface area contributed by atoms with Crippen molar-refractivity contribution >= 4 is 18.2 Å². The summed E-state index contributed by atoms with van der Waals surface area (Å²) in [5.41, 5.74) is 2.40. The lowest BCUT2D eigenvalue weighted by atomic mass is 10.0. The Balaban J connectivity index is 0.00000196. The van der Waals surface area contributed by atoms with Crippen LogP contribution < -0.4 is 0 Å². The number of ketones is 1. The van der Waals surface area contributed by atoms with Crippen LogP contribution in [-0.2, 0) is 4.79 Å². The van der Waals surface area contributed by atoms with Crippen LogP contribution >= 0.6 is 12.4 Å². The number of carbonyl (C=O) groups excluding carboxylic acids is 1. The van der Waals surface area contributed by atoms with Crippen molar-refractivity contribution < 1.29 is 4.79 Å². The maximum atomic E-state index is 12.0. The highest BCUT2D eigenvalue weighted by Crippen LogP contribution is 2.30. The first-order chi connectivity index (χ1) is 6.56. The van der Waals surface area contributed by atoms with Crippen molar-refractivity contribution in [1.82, 2.24) is 4.90 Å². The van der Waals surface area contributed by atoms with Gasteiger partial charge in [0.25, 0.3) is 0 Å². The smallest absolute Gasteiger partial charge is 0.163 e. The second kappa shape index (κ2) is 6.29. The predicted molar refractivity (Wildman–Crippen MR) is 66.5 cm³/mol. The molecule has 1 aliphatic rings. The molecule has 1 fully saturated rings. The molecule has 0 radical (unpaired) electrons. The maximum absolute atomic E-state index is 12.0. The molecule has 0 aromatic heterocycles. The molecular weight excluding hydrogens is 210 g/mol. The first kappa shape index (κ1) is 14.7. The summed E-state index contributed by atoms with van der Waals surface area (Å²) in [6.45, 7) is 5.11. The van der Waals surface area contributed by atoms with Gasteiger partial charge in [-0.15, -0.1) is 12.4 Å². The molecule has 1 aliphatic carbocycles. The first-order valence-electron chi connectivity index (χ1n) is 5.43. The Morgan fingerprint density at radius 3 is 2.53 bits per heavy atom. The Kier molecular flexibility index (Phi) is 6.15. The zero-order valence-electron chi connectivity index (χ0n) is 10.2. The molecule has 1 saturated carbocycles. The Labute approximate surface area is 99.1 Å². The number of nitrogens with zero attached hydrogens (tertiary/aromatic N) is 1. The highest BCUT2D eigenvalue weighted by Gasteiger charge is 2.30. The van der Waals surface area contributed by atoms with Gasteiger partial charge in [0.15, 0.2) is 5.78 Å². The average molecular weight is 232 g/mol. The number of carbonyl (C=O) groups is 1. The van der Waals surface area contributed by atoms with Crippen LogP contribution in [0.15, 0.2) is 11.1 Å². The average Bonchev–Trinajstić information content (AvgIpc) is 2.46. The van der Waals surface area contributed by atoms with Crippen LogP contribution in [0, 0.1) is 5.92 Å². The number of Topliss-reactive ketones (excluding diaryl/α,β-unsaturated/α-hetero) is 1. The van der Waals surface area contributed by atoms with Crippen LogP contribution in [0.1, 0.15) is 33.1 Å². The molecule has 0 spiro atoms. The van der Waals surface area contributed by atoms with E-state index in [0.717, 1.165) is 31.4 Å². The maximum Gasteiger partial charge on any atom is 0.163 e. The minimum Gasteiger partial charge on any atom is -0.309 e. The van der Waals surface area contributed by atoms with Crippen molar-refractivity contribution in [3.8, 4) is 0 Å². The molecule has 1 atom stereocenters. The zero-order valence-corrected chi connectivity index (χ0v) is 11.0. The lowest BCUT2D eigenvalue weighted by Gasteiger charge is -2.14. The van der Waals surface area contributed by atoms with Crippen LogP contribution in [0.4, 0.5) is 0 Å². The summed E-state index contributed by atoms with van der Waals surface area (Å²) < 4.78 is 0. The predicted octanol–water partition coefficient (Wildman–Crippen LogP) is 2.68. The second-order valence-corrected chi connectivity index (χ2v) is 4.47. The van der Waals surface area contributed by atoms with Crippen molar-refractivity contribution in [2.24, 2.45) is 5.92 Å². The molecule has 88 valence electrons. The van der Waals surface area contributed by atoms with E-state index in [1.165, 1.54) is 5.57 Å². The molecule has 0 amide bonds. The third-order valence-corrected chi connectivity index (χ3v) is 3.04. The van der Waals surface area contributed by atoms with Crippen molar-refractivity contribution in [3.63, 3.8) is 0 Å². The summed E-state index contributed by atoms with van der Waals surface area (Å²) >= 11 is 0. The van der Waals surface area contributed by atoms with Gasteiger partial charge in [0.2, 0.25) is 0 Å². The van der Waals surface area contributed by atoms with Gasteiger partial charge in [0.1, 0.15) is 0 Å². The van der Waals surface area contributed by atoms with Gasteiger partial charge in [0.05, 0.1) is 0 Å². The number of hydrogen-bond donors (Lipinski definition) is 0. The zero-order chi connectivity index (χ0) is 10.7. The van der Waals surface area contributed by atoms with Crippen molar-refractivity contribution in [1.29, 1.82) is 0 Å². The molecule has 3 heteroatoms. The standard InChI is InChI=1S/C12H21NO.ClH/c1-5-9(2)11-7-6-10(12(11)14)8-13(3)4;/h10H,5-8H2,1-4H3;1H/b11-9-;. The van der Waals surface area contributed by atoms with Crippen LogP contribution in [0.25, 0.3) is 0 Å². The van der Waals surface area contributed by atoms with Gasteiger partial charge in [0, 0.05) is 12.5 Å². The van der Waals surface area contributed by atoms with Crippen LogP contribution in [0.2, 0.25) is 0 Å². The van der Waals surface area contributed by atoms with E-state index in [9.17, 15) is 4.79 Å². The summed E-state index contributed by atoms with van der Waals surface area (Å²) in [7, 11) is 4.06. The Hall–Kier alpha value is -0.340. The molecule has 0 bridgehead atoms. The second-order valence-electron chi connectivity index (χ2n) is 4.47. The van der Waals surface area contributed by atoms with E-state index in [1.807, 2.05) is 14.1 Å². The lowest BCUT2D eigenvalue weighted by molar-refractivity contribution is -0.118. The van der Waals surface area contributed by atoms with E-state index >= 15 is 0 Å². The monoisotopic (exact) mass is 231 g/mol. The minimum absolute atomic E-state index is 0. The largest absolute Gasteiger partial charge is 0.309 e. The molecule has 0 aromatic rings. The third-order valence-electron chi connectivity index (χ3n) is 3.04. The Morgan fingerprint density at radius 2 is 2.07 bits per heavy atom. The van der Waals surface area contributed by atoms with Gasteiger partial charge >= 0.3 is 0 Å². The van der Waals surface area contributed by atoms with E-state index in [1.54, 1.807) is 0 Å². The van der Waals surface area contributed by atoms with E-state index in [0.29, 0.717) is 5.78 Å².